The number of hydrogen-bond acceptors (Lipinski definition) is 7. The number of allylic oxidation sites excluding steroid dienone is 1. The van der Waals surface area contributed by atoms with E-state index in [0.29, 0.717) is 6.54 Å². The maximum absolute atomic E-state index is 14.0. The van der Waals surface area contributed by atoms with E-state index in [9.17, 15) is 13.2 Å². The van der Waals surface area contributed by atoms with E-state index in [0.717, 1.165) is 44.4 Å². The molecule has 1 unspecified atom stereocenters. The smallest absolute Gasteiger partial charge is 0.240 e. The van der Waals surface area contributed by atoms with E-state index in [1.54, 1.807) is 23.5 Å². The number of carbonyl (C=O) groups excluding carboxylic acids is 1. The largest absolute Gasteiger partial charge is 0.304 e. The predicted octanol–water partition coefficient (Wildman–Crippen LogP) is 2.58. The van der Waals surface area contributed by atoms with Crippen LogP contribution in [0, 0.1) is 18.3 Å². The number of benzene rings is 1. The van der Waals surface area contributed by atoms with E-state index in [-0.39, 0.29) is 31.5 Å². The van der Waals surface area contributed by atoms with Crippen LogP contribution in [0.25, 0.3) is 21.9 Å². The van der Waals surface area contributed by atoms with Gasteiger partial charge in [-0.3, -0.25) is 14.8 Å². The highest BCUT2D eigenvalue weighted by molar-refractivity contribution is 7.88. The molecule has 1 fully saturated rings. The zero-order valence-corrected chi connectivity index (χ0v) is 21.2. The first kappa shape index (κ1) is 22.9. The predicted molar refractivity (Wildman–Crippen MR) is 136 cm³/mol. The second-order valence-electron chi connectivity index (χ2n) is 10.00. The molecule has 3 aliphatic rings. The Morgan fingerprint density at radius 3 is 2.61 bits per heavy atom. The molecule has 1 saturated heterocycles. The average Bonchev–Trinajstić information content (AvgIpc) is 3.07. The van der Waals surface area contributed by atoms with Crippen molar-refractivity contribution in [3.63, 3.8) is 0 Å². The Bertz CT molecular complexity index is 1580. The van der Waals surface area contributed by atoms with Crippen LogP contribution in [-0.4, -0.2) is 70.6 Å². The number of carbonyl (C=O) groups is 1. The number of pyridine rings is 1. The van der Waals surface area contributed by atoms with Crippen molar-refractivity contribution in [3.8, 4) is 11.1 Å². The van der Waals surface area contributed by atoms with E-state index < -0.39 is 15.4 Å². The Hall–Kier alpha value is -3.50. The van der Waals surface area contributed by atoms with Gasteiger partial charge in [-0.25, -0.2) is 18.4 Å². The van der Waals surface area contributed by atoms with Crippen LogP contribution in [0.3, 0.4) is 0 Å². The van der Waals surface area contributed by atoms with Crippen LogP contribution in [0.2, 0.25) is 0 Å². The Balaban J connectivity index is 1.47. The number of fused-ring (bicyclic) bond motifs is 2. The van der Waals surface area contributed by atoms with Gasteiger partial charge in [-0.15, -0.1) is 0 Å². The van der Waals surface area contributed by atoms with Gasteiger partial charge >= 0.3 is 0 Å². The number of rotatable bonds is 4. The van der Waals surface area contributed by atoms with E-state index in [1.807, 2.05) is 13.1 Å². The summed E-state index contributed by atoms with van der Waals surface area (Å²) in [6, 6.07) is 6.20. The number of nitrogens with zero attached hydrogens (tertiary/aromatic N) is 6. The number of aryl methyl sites for hydroxylation is 1. The highest BCUT2D eigenvalue weighted by Gasteiger charge is 2.62. The SMILES string of the molecule is Cc1ccc2c(-c3cncnc3)c(CN3C(=O)C4(CN(S(C)(=O)=O)C4)C4=C3C=NCC4C)ncc2c1. The quantitative estimate of drug-likeness (QED) is 0.543. The van der Waals surface area contributed by atoms with Crippen molar-refractivity contribution in [2.45, 2.75) is 20.4 Å². The molecular formula is C26H26N6O3S. The van der Waals surface area contributed by atoms with Gasteiger partial charge < -0.3 is 4.90 Å². The highest BCUT2D eigenvalue weighted by Crippen LogP contribution is 2.51. The summed E-state index contributed by atoms with van der Waals surface area (Å²) in [5, 5.41) is 2.01. The molecule has 184 valence electrons. The normalized spacial score (nSPS) is 21.4. The lowest BCUT2D eigenvalue weighted by Crippen LogP contribution is -2.63. The molecule has 2 aromatic heterocycles. The van der Waals surface area contributed by atoms with E-state index in [1.165, 1.54) is 16.9 Å². The zero-order valence-electron chi connectivity index (χ0n) is 20.3. The molecule has 0 radical (unpaired) electrons. The summed E-state index contributed by atoms with van der Waals surface area (Å²) in [7, 11) is -3.38. The molecular weight excluding hydrogens is 476 g/mol. The summed E-state index contributed by atoms with van der Waals surface area (Å²) >= 11 is 0. The first-order valence-electron chi connectivity index (χ1n) is 11.8. The van der Waals surface area contributed by atoms with Gasteiger partial charge in [-0.1, -0.05) is 24.6 Å². The van der Waals surface area contributed by atoms with Crippen molar-refractivity contribution in [2.75, 3.05) is 25.9 Å². The van der Waals surface area contributed by atoms with Crippen LogP contribution in [-0.2, 0) is 21.4 Å². The lowest BCUT2D eigenvalue weighted by atomic mass is 9.70. The molecule has 1 aromatic carbocycles. The standard InChI is InChI=1S/C26H26N6O3S/c1-16-4-5-20-18(6-16)10-30-21(23(20)19-8-28-15-29-9-19)12-32-22-11-27-7-17(2)24(22)26(25(32)33)13-31(14-26)36(3,34)35/h4-6,8-11,15,17H,7,12-14H2,1-3H3. The number of dihydropyridines is 1. The summed E-state index contributed by atoms with van der Waals surface area (Å²) in [6.07, 6.45) is 9.78. The molecule has 36 heavy (non-hydrogen) atoms. The number of aromatic nitrogens is 3. The van der Waals surface area contributed by atoms with Gasteiger partial charge in [-0.2, -0.15) is 4.31 Å². The summed E-state index contributed by atoms with van der Waals surface area (Å²) in [4.78, 5) is 33.5. The van der Waals surface area contributed by atoms with Crippen molar-refractivity contribution in [1.82, 2.24) is 24.2 Å². The third kappa shape index (κ3) is 3.39. The van der Waals surface area contributed by atoms with Crippen molar-refractivity contribution in [3.05, 3.63) is 65.6 Å². The van der Waals surface area contributed by atoms with Gasteiger partial charge in [0.15, 0.2) is 0 Å². The van der Waals surface area contributed by atoms with Gasteiger partial charge in [0.25, 0.3) is 0 Å². The van der Waals surface area contributed by atoms with Crippen molar-refractivity contribution >= 4 is 32.9 Å². The lowest BCUT2D eigenvalue weighted by Gasteiger charge is -2.47. The van der Waals surface area contributed by atoms with Crippen LogP contribution in [0.4, 0.5) is 0 Å². The first-order valence-corrected chi connectivity index (χ1v) is 13.7. The monoisotopic (exact) mass is 502 g/mol. The Labute approximate surface area is 209 Å². The van der Waals surface area contributed by atoms with Crippen LogP contribution in [0.1, 0.15) is 18.2 Å². The number of sulfonamides is 1. The topological polar surface area (TPSA) is 109 Å². The van der Waals surface area contributed by atoms with E-state index >= 15 is 0 Å². The fourth-order valence-corrected chi connectivity index (χ4v) is 6.69. The summed E-state index contributed by atoms with van der Waals surface area (Å²) in [5.74, 6) is -0.0381. The molecule has 10 heteroatoms. The maximum atomic E-state index is 14.0. The summed E-state index contributed by atoms with van der Waals surface area (Å²) in [6.45, 7) is 5.25. The second kappa shape index (κ2) is 8.01. The average molecular weight is 503 g/mol. The molecule has 3 aromatic rings. The van der Waals surface area contributed by atoms with Gasteiger partial charge in [-0.05, 0) is 23.9 Å². The Morgan fingerprint density at radius 2 is 1.89 bits per heavy atom. The molecule has 1 amide bonds. The summed E-state index contributed by atoms with van der Waals surface area (Å²) in [5.41, 5.74) is 4.49. The van der Waals surface area contributed by atoms with E-state index in [2.05, 4.69) is 40.1 Å². The van der Waals surface area contributed by atoms with Crippen LogP contribution in [0.5, 0.6) is 0 Å². The molecule has 1 atom stereocenters. The summed E-state index contributed by atoms with van der Waals surface area (Å²) < 4.78 is 25.7. The third-order valence-corrected chi connectivity index (χ3v) is 8.66. The van der Waals surface area contributed by atoms with Gasteiger partial charge in [0, 0.05) is 66.9 Å². The maximum Gasteiger partial charge on any atom is 0.240 e. The molecule has 6 rings (SSSR count). The minimum atomic E-state index is -3.38. The third-order valence-electron chi connectivity index (χ3n) is 7.47. The Kier molecular flexibility index (Phi) is 5.10. The van der Waals surface area contributed by atoms with Gasteiger partial charge in [0.1, 0.15) is 11.7 Å². The van der Waals surface area contributed by atoms with Gasteiger partial charge in [0.05, 0.1) is 24.2 Å². The van der Waals surface area contributed by atoms with Gasteiger partial charge in [0.2, 0.25) is 15.9 Å². The van der Waals surface area contributed by atoms with E-state index in [4.69, 9.17) is 4.98 Å². The molecule has 0 saturated carbocycles. The molecule has 0 bridgehead atoms. The zero-order chi connectivity index (χ0) is 25.2. The molecule has 1 spiro atoms. The van der Waals surface area contributed by atoms with Crippen LogP contribution < -0.4 is 0 Å². The number of aliphatic imine (C=N–C) groups is 1. The molecule has 3 aliphatic heterocycles. The Morgan fingerprint density at radius 1 is 1.14 bits per heavy atom. The lowest BCUT2D eigenvalue weighted by molar-refractivity contribution is -0.141. The second-order valence-corrected chi connectivity index (χ2v) is 12.0. The molecule has 0 N–H and O–H groups in total. The van der Waals surface area contributed by atoms with Crippen molar-refractivity contribution in [2.24, 2.45) is 16.3 Å². The molecule has 0 aliphatic carbocycles. The minimum absolute atomic E-state index is 0.0511. The highest BCUT2D eigenvalue weighted by atomic mass is 32.2. The number of hydrogen-bond donors (Lipinski definition) is 0. The fraction of sp³-hybridized carbons (Fsp3) is 0.346. The van der Waals surface area contributed by atoms with Crippen molar-refractivity contribution in [1.29, 1.82) is 0 Å². The minimum Gasteiger partial charge on any atom is -0.304 e. The van der Waals surface area contributed by atoms with Crippen molar-refractivity contribution < 1.29 is 13.2 Å². The molecule has 9 nitrogen and oxygen atoms in total. The van der Waals surface area contributed by atoms with Crippen LogP contribution in [0.15, 0.2) is 59.4 Å². The molecule has 5 heterocycles. The van der Waals surface area contributed by atoms with Crippen LogP contribution >= 0.6 is 0 Å². The number of amides is 1. The first-order chi connectivity index (χ1) is 17.2. The fourth-order valence-electron chi connectivity index (χ4n) is 5.78.